The molecule has 0 aromatic heterocycles. The average Bonchev–Trinajstić information content (AvgIpc) is 3.86. The van der Waals surface area contributed by atoms with Crippen LogP contribution in [0.1, 0.15) is 205 Å². The first kappa shape index (κ1) is 56.0. The summed E-state index contributed by atoms with van der Waals surface area (Å²) in [7, 11) is 0. The van der Waals surface area contributed by atoms with Crippen LogP contribution in [0.5, 0.6) is 0 Å². The molecule has 10 unspecified atom stereocenters. The summed E-state index contributed by atoms with van der Waals surface area (Å²) in [5, 5.41) is 0. The molecule has 0 aliphatic heterocycles. The van der Waals surface area contributed by atoms with Crippen molar-refractivity contribution in [3.8, 4) is 0 Å². The minimum absolute atomic E-state index is 0.00915. The Labute approximate surface area is 429 Å². The number of rotatable bonds is 18. The van der Waals surface area contributed by atoms with Crippen LogP contribution in [0.15, 0.2) is 0 Å². The van der Waals surface area contributed by atoms with Gasteiger partial charge in [0.25, 0.3) is 25.9 Å². The van der Waals surface area contributed by atoms with Gasteiger partial charge >= 0.3 is 5.97 Å². The first-order valence-electron chi connectivity index (χ1n) is 29.0. The molecule has 8 fully saturated rings. The second-order valence-electron chi connectivity index (χ2n) is 27.1. The molecule has 8 saturated carbocycles. The lowest BCUT2D eigenvalue weighted by Gasteiger charge is -2.65. The van der Waals surface area contributed by atoms with Crippen LogP contribution in [-0.2, 0) is 47.7 Å². The fourth-order valence-electron chi connectivity index (χ4n) is 20.3. The van der Waals surface area contributed by atoms with E-state index in [1.807, 2.05) is 20.8 Å². The van der Waals surface area contributed by atoms with Gasteiger partial charge in [-0.2, -0.15) is 0 Å². The molecule has 11 nitrogen and oxygen atoms in total. The van der Waals surface area contributed by atoms with Crippen molar-refractivity contribution in [2.45, 2.75) is 235 Å². The van der Waals surface area contributed by atoms with E-state index in [1.165, 1.54) is 51.4 Å². The third-order valence-electron chi connectivity index (χ3n) is 23.2. The van der Waals surface area contributed by atoms with Crippen LogP contribution >= 0.6 is 0 Å². The highest BCUT2D eigenvalue weighted by atomic mass is 16.6. The van der Waals surface area contributed by atoms with Crippen molar-refractivity contribution in [2.24, 2.45) is 110 Å². The van der Waals surface area contributed by atoms with Crippen molar-refractivity contribution in [2.75, 3.05) is 6.54 Å². The van der Waals surface area contributed by atoms with Crippen molar-refractivity contribution in [1.82, 2.24) is 0 Å². The SMILES string of the molecule is CC[C@H]1C(OC=O)[C@@H]2[C@H](CCC3(C)C([C@H](C)CCCC(=O)OC(C)(C)C)CC[C@@H]23)C2(C)CC[C@@H](OC=O)CC12.CC[C@H]1C(OC=O)[C@@H]2[C@H](CCC3(C)C([C@H](C)CCN)CC[C@@H]23)C2(C)CC[C@@H](OC=O)CC12. The predicted octanol–water partition coefficient (Wildman–Crippen LogP) is 12.1. The number of nitrogens with two attached hydrogens (primary N) is 1. The number of fused-ring (bicyclic) bond motifs is 10. The zero-order chi connectivity index (χ0) is 51.7. The average molecular weight is 994 g/mol. The van der Waals surface area contributed by atoms with E-state index in [-0.39, 0.29) is 46.6 Å². The molecule has 0 aromatic rings. The molecule has 0 aromatic carbocycles. The quantitative estimate of drug-likeness (QED) is 0.0791. The van der Waals surface area contributed by atoms with Crippen molar-refractivity contribution in [3.05, 3.63) is 0 Å². The highest BCUT2D eigenvalue weighted by Gasteiger charge is 2.68. The molecule has 2 N–H and O–H groups in total. The monoisotopic (exact) mass is 994 g/mol. The number of carbonyl (C=O) groups is 5. The Balaban J connectivity index is 0.000000213. The van der Waals surface area contributed by atoms with Gasteiger partial charge in [0.05, 0.1) is 0 Å². The van der Waals surface area contributed by atoms with Crippen molar-refractivity contribution < 1.29 is 47.7 Å². The molecule has 404 valence electrons. The van der Waals surface area contributed by atoms with E-state index in [0.717, 1.165) is 83.1 Å². The minimum Gasteiger partial charge on any atom is -0.465 e. The maximum atomic E-state index is 12.3. The third kappa shape index (κ3) is 10.5. The number of hydrogen-bond donors (Lipinski definition) is 1. The summed E-state index contributed by atoms with van der Waals surface area (Å²) in [4.78, 5) is 58.1. The second-order valence-corrected chi connectivity index (χ2v) is 27.1. The predicted molar refractivity (Wildman–Crippen MR) is 275 cm³/mol. The third-order valence-corrected chi connectivity index (χ3v) is 23.2. The molecule has 22 atom stereocenters. The van der Waals surface area contributed by atoms with Crippen molar-refractivity contribution in [1.29, 1.82) is 0 Å². The van der Waals surface area contributed by atoms with Gasteiger partial charge in [-0.15, -0.1) is 0 Å². The van der Waals surface area contributed by atoms with Gasteiger partial charge in [0, 0.05) is 18.3 Å². The van der Waals surface area contributed by atoms with E-state index in [1.54, 1.807) is 0 Å². The van der Waals surface area contributed by atoms with Crippen molar-refractivity contribution >= 4 is 31.9 Å². The number of esters is 1. The molecule has 0 heterocycles. The maximum absolute atomic E-state index is 12.3. The van der Waals surface area contributed by atoms with Crippen LogP contribution in [0, 0.1) is 105 Å². The summed E-state index contributed by atoms with van der Waals surface area (Å²) in [5.74, 6) is 7.06. The normalized spacial score (nSPS) is 45.2. The van der Waals surface area contributed by atoms with Gasteiger partial charge in [-0.1, -0.05) is 55.4 Å². The molecule has 71 heavy (non-hydrogen) atoms. The Bertz CT molecular complexity index is 1820. The number of hydrogen-bond acceptors (Lipinski definition) is 11. The maximum Gasteiger partial charge on any atom is 0.306 e. The van der Waals surface area contributed by atoms with Gasteiger partial charge in [0.15, 0.2) is 0 Å². The van der Waals surface area contributed by atoms with Gasteiger partial charge in [-0.25, -0.2) is 0 Å². The molecule has 0 amide bonds. The Hall–Kier alpha value is -2.69. The minimum atomic E-state index is -0.430. The molecule has 8 aliphatic carbocycles. The zero-order valence-corrected chi connectivity index (χ0v) is 46.2. The van der Waals surface area contributed by atoms with E-state index < -0.39 is 5.60 Å². The zero-order valence-electron chi connectivity index (χ0n) is 46.2. The standard InChI is InChI=1S/C33H54O6.C27H45NO4/c1-8-23-27-18-22(37-19-34)14-16-33(27,7)26-15-17-32(6)24(12-13-25(32)29(26)30(23)38-20-35)21(2)10-9-11-28(36)39-31(3,4)5;1-5-19-23-14-18(31-15-29)8-11-27(23,4)22-9-12-26(3)20(17(2)10-13-28)6-7-21(26)24(22)25(19)32-16-30/h19-27,29-30H,8-18H2,1-7H3;15-25H,5-14,28H2,1-4H3/t21-,22-,23-,24?,25+,26+,27?,29+,30?,32?,33?;17-,18-,19-,20?,21+,22+,23?,24+,25?,26?,27?/m11/s1. The smallest absolute Gasteiger partial charge is 0.306 e. The van der Waals surface area contributed by atoms with E-state index in [0.29, 0.717) is 115 Å². The summed E-state index contributed by atoms with van der Waals surface area (Å²) < 4.78 is 28.6. The van der Waals surface area contributed by atoms with E-state index in [2.05, 4.69) is 55.4 Å². The lowest BCUT2D eigenvalue weighted by Crippen LogP contribution is -2.62. The molecular weight excluding hydrogens is 895 g/mol. The molecule has 0 bridgehead atoms. The summed E-state index contributed by atoms with van der Waals surface area (Å²) in [5.41, 5.74) is 6.49. The largest absolute Gasteiger partial charge is 0.465 e. The lowest BCUT2D eigenvalue weighted by molar-refractivity contribution is -0.213. The van der Waals surface area contributed by atoms with Gasteiger partial charge < -0.3 is 29.4 Å². The van der Waals surface area contributed by atoms with Crippen LogP contribution in [0.25, 0.3) is 0 Å². The Morgan fingerprint density at radius 1 is 0.563 bits per heavy atom. The van der Waals surface area contributed by atoms with Gasteiger partial charge in [0.1, 0.15) is 30.0 Å². The number of ether oxygens (including phenoxy) is 5. The Morgan fingerprint density at radius 2 is 0.958 bits per heavy atom. The van der Waals surface area contributed by atoms with Gasteiger partial charge in [0.2, 0.25) is 0 Å². The summed E-state index contributed by atoms with van der Waals surface area (Å²) in [6.45, 7) is 28.5. The van der Waals surface area contributed by atoms with Crippen LogP contribution < -0.4 is 5.73 Å². The fraction of sp³-hybridized carbons (Fsp3) is 0.917. The van der Waals surface area contributed by atoms with E-state index in [9.17, 15) is 24.0 Å². The summed E-state index contributed by atoms with van der Waals surface area (Å²) >= 11 is 0. The van der Waals surface area contributed by atoms with Crippen LogP contribution in [-0.4, -0.2) is 68.4 Å². The van der Waals surface area contributed by atoms with E-state index >= 15 is 0 Å². The molecule has 0 saturated heterocycles. The Morgan fingerprint density at radius 3 is 1.34 bits per heavy atom. The first-order chi connectivity index (χ1) is 33.7. The van der Waals surface area contributed by atoms with Crippen molar-refractivity contribution in [3.63, 3.8) is 0 Å². The van der Waals surface area contributed by atoms with Gasteiger partial charge in [-0.05, 0) is 242 Å². The first-order valence-corrected chi connectivity index (χ1v) is 29.0. The van der Waals surface area contributed by atoms with E-state index in [4.69, 9.17) is 29.4 Å². The van der Waals surface area contributed by atoms with Crippen LogP contribution in [0.3, 0.4) is 0 Å². The molecular formula is C60H99NO10. The topological polar surface area (TPSA) is 158 Å². The number of carbonyl (C=O) groups excluding carboxylic acids is 5. The fourth-order valence-corrected chi connectivity index (χ4v) is 20.3. The highest BCUT2D eigenvalue weighted by Crippen LogP contribution is 2.72. The molecule has 8 aliphatic rings. The second kappa shape index (κ2) is 22.7. The molecule has 0 radical (unpaired) electrons. The molecule has 0 spiro atoms. The molecule has 11 heteroatoms. The lowest BCUT2D eigenvalue weighted by atomic mass is 9.41. The highest BCUT2D eigenvalue weighted by molar-refractivity contribution is 5.69. The van der Waals surface area contributed by atoms with Gasteiger partial charge in [-0.3, -0.25) is 24.0 Å². The Kier molecular flexibility index (Phi) is 17.9. The summed E-state index contributed by atoms with van der Waals surface area (Å²) in [6.07, 6.45) is 21.2. The molecule has 8 rings (SSSR count). The van der Waals surface area contributed by atoms with Crippen LogP contribution in [0.4, 0.5) is 0 Å². The summed E-state index contributed by atoms with van der Waals surface area (Å²) in [6, 6.07) is 0. The van der Waals surface area contributed by atoms with Crippen LogP contribution in [0.2, 0.25) is 0 Å².